The van der Waals surface area contributed by atoms with Crippen molar-refractivity contribution in [2.75, 3.05) is 6.61 Å². The van der Waals surface area contributed by atoms with Gasteiger partial charge in [0.2, 0.25) is 0 Å². The lowest BCUT2D eigenvalue weighted by molar-refractivity contribution is 0.142. The zero-order valence-electron chi connectivity index (χ0n) is 11.2. The largest absolute Gasteiger partial charge is 0.394 e. The van der Waals surface area contributed by atoms with Crippen molar-refractivity contribution in [1.82, 2.24) is 14.1 Å². The number of hydrogen-bond donors (Lipinski definition) is 2. The van der Waals surface area contributed by atoms with Gasteiger partial charge in [0.25, 0.3) is 10.0 Å². The maximum Gasteiger partial charge on any atom is 0.260 e. The third-order valence-electron chi connectivity index (χ3n) is 3.90. The van der Waals surface area contributed by atoms with Gasteiger partial charge in [-0.3, -0.25) is 4.40 Å². The molecule has 0 amide bonds. The summed E-state index contributed by atoms with van der Waals surface area (Å²) in [5.41, 5.74) is -0.791. The summed E-state index contributed by atoms with van der Waals surface area (Å²) in [5, 5.41) is 11.3. The van der Waals surface area contributed by atoms with Gasteiger partial charge in [-0.2, -0.15) is 0 Å². The molecule has 0 unspecified atom stereocenters. The summed E-state index contributed by atoms with van der Waals surface area (Å²) in [6, 6.07) is 0. The second-order valence-electron chi connectivity index (χ2n) is 5.37. The van der Waals surface area contributed by atoms with Gasteiger partial charge >= 0.3 is 0 Å². The SMILES string of the molecule is O=S(=O)(NC1(CO)CCCCC1)c1c(Cl)nc2sccn12. The quantitative estimate of drug-likeness (QED) is 0.884. The fourth-order valence-corrected chi connectivity index (χ4v) is 5.74. The smallest absolute Gasteiger partial charge is 0.260 e. The van der Waals surface area contributed by atoms with Gasteiger partial charge < -0.3 is 5.11 Å². The van der Waals surface area contributed by atoms with Crippen LogP contribution in [-0.2, 0) is 10.0 Å². The number of nitrogens with one attached hydrogen (secondary N) is 1. The molecule has 116 valence electrons. The van der Waals surface area contributed by atoms with Crippen LogP contribution in [0.5, 0.6) is 0 Å². The van der Waals surface area contributed by atoms with E-state index in [0.717, 1.165) is 19.3 Å². The summed E-state index contributed by atoms with van der Waals surface area (Å²) in [6.45, 7) is -0.213. The van der Waals surface area contributed by atoms with Crippen LogP contribution in [0, 0.1) is 0 Å². The van der Waals surface area contributed by atoms with E-state index in [1.54, 1.807) is 11.6 Å². The number of nitrogens with zero attached hydrogens (tertiary/aromatic N) is 2. The van der Waals surface area contributed by atoms with E-state index < -0.39 is 15.6 Å². The van der Waals surface area contributed by atoms with Gasteiger partial charge in [-0.15, -0.1) is 11.3 Å². The van der Waals surface area contributed by atoms with E-state index >= 15 is 0 Å². The summed E-state index contributed by atoms with van der Waals surface area (Å²) >= 11 is 7.31. The normalized spacial score (nSPS) is 19.1. The number of aliphatic hydroxyl groups is 1. The van der Waals surface area contributed by atoms with Gasteiger partial charge in [-0.05, 0) is 12.8 Å². The Hall–Kier alpha value is -0.670. The Morgan fingerprint density at radius 2 is 2.14 bits per heavy atom. The first-order chi connectivity index (χ1) is 9.97. The molecular weight excluding hydrogens is 334 g/mol. The number of halogens is 1. The fraction of sp³-hybridized carbons (Fsp3) is 0.583. The van der Waals surface area contributed by atoms with Crippen LogP contribution in [0.15, 0.2) is 16.6 Å². The summed E-state index contributed by atoms with van der Waals surface area (Å²) in [4.78, 5) is 4.58. The Labute approximate surface area is 131 Å². The third-order valence-corrected chi connectivity index (χ3v) is 6.63. The number of hydrogen-bond acceptors (Lipinski definition) is 5. The average Bonchev–Trinajstić information content (AvgIpc) is 2.98. The van der Waals surface area contributed by atoms with Crippen LogP contribution in [0.2, 0.25) is 5.15 Å². The van der Waals surface area contributed by atoms with E-state index in [4.69, 9.17) is 11.6 Å². The topological polar surface area (TPSA) is 83.7 Å². The number of fused-ring (bicyclic) bond motifs is 1. The Morgan fingerprint density at radius 3 is 2.81 bits per heavy atom. The van der Waals surface area contributed by atoms with Crippen molar-refractivity contribution in [3.05, 3.63) is 16.7 Å². The molecule has 1 aliphatic carbocycles. The lowest BCUT2D eigenvalue weighted by atomic mass is 9.83. The van der Waals surface area contributed by atoms with Crippen molar-refractivity contribution in [1.29, 1.82) is 0 Å². The molecule has 0 saturated heterocycles. The van der Waals surface area contributed by atoms with Gasteiger partial charge in [0.15, 0.2) is 15.1 Å². The molecule has 0 atom stereocenters. The molecule has 21 heavy (non-hydrogen) atoms. The molecule has 2 N–H and O–H groups in total. The Kier molecular flexibility index (Phi) is 4.00. The predicted molar refractivity (Wildman–Crippen MR) is 81.3 cm³/mol. The van der Waals surface area contributed by atoms with E-state index in [1.165, 1.54) is 15.7 Å². The van der Waals surface area contributed by atoms with Gasteiger partial charge in [0, 0.05) is 11.6 Å². The number of imidazole rings is 1. The van der Waals surface area contributed by atoms with E-state index in [0.29, 0.717) is 17.8 Å². The molecule has 2 heterocycles. The summed E-state index contributed by atoms with van der Waals surface area (Å²) in [6.07, 6.45) is 5.75. The van der Waals surface area contributed by atoms with E-state index in [1.807, 2.05) is 0 Å². The number of rotatable bonds is 4. The van der Waals surface area contributed by atoms with E-state index in [9.17, 15) is 13.5 Å². The molecule has 3 rings (SSSR count). The van der Waals surface area contributed by atoms with Crippen LogP contribution in [0.25, 0.3) is 4.96 Å². The lowest BCUT2D eigenvalue weighted by Crippen LogP contribution is -2.52. The van der Waals surface area contributed by atoms with Crippen LogP contribution in [-0.4, -0.2) is 35.1 Å². The van der Waals surface area contributed by atoms with Gasteiger partial charge in [-0.1, -0.05) is 30.9 Å². The van der Waals surface area contributed by atoms with Crippen molar-refractivity contribution < 1.29 is 13.5 Å². The Morgan fingerprint density at radius 1 is 1.43 bits per heavy atom. The van der Waals surface area contributed by atoms with Gasteiger partial charge in [0.1, 0.15) is 0 Å². The summed E-state index contributed by atoms with van der Waals surface area (Å²) in [7, 11) is -3.85. The van der Waals surface area contributed by atoms with Crippen molar-refractivity contribution in [2.24, 2.45) is 0 Å². The van der Waals surface area contributed by atoms with E-state index in [2.05, 4.69) is 9.71 Å². The minimum absolute atomic E-state index is 0.0433. The first-order valence-electron chi connectivity index (χ1n) is 6.73. The predicted octanol–water partition coefficient (Wildman–Crippen LogP) is 2.02. The Bertz CT molecular complexity index is 747. The van der Waals surface area contributed by atoms with Gasteiger partial charge in [0.05, 0.1) is 12.1 Å². The molecular formula is C12H16ClN3O3S2. The number of sulfonamides is 1. The summed E-state index contributed by atoms with van der Waals surface area (Å²) in [5.74, 6) is 0. The summed E-state index contributed by atoms with van der Waals surface area (Å²) < 4.78 is 29.5. The standard InChI is InChI=1S/C12H16ClN3O3S2/c13-9-10(16-6-7-20-11(16)14-9)21(18,19)15-12(8-17)4-2-1-3-5-12/h6-7,15,17H,1-5,8H2. The second-order valence-corrected chi connectivity index (χ2v) is 8.20. The molecule has 2 aromatic heterocycles. The molecule has 0 aliphatic heterocycles. The number of aromatic nitrogens is 2. The Balaban J connectivity index is 2.00. The molecule has 1 fully saturated rings. The molecule has 0 spiro atoms. The van der Waals surface area contributed by atoms with Crippen LogP contribution < -0.4 is 4.72 Å². The third kappa shape index (κ3) is 2.70. The highest BCUT2D eigenvalue weighted by atomic mass is 35.5. The number of aliphatic hydroxyl groups excluding tert-OH is 1. The molecule has 9 heteroatoms. The first-order valence-corrected chi connectivity index (χ1v) is 9.47. The molecule has 1 saturated carbocycles. The minimum atomic E-state index is -3.85. The maximum absolute atomic E-state index is 12.7. The highest BCUT2D eigenvalue weighted by Gasteiger charge is 2.38. The van der Waals surface area contributed by atoms with Crippen LogP contribution in [0.3, 0.4) is 0 Å². The van der Waals surface area contributed by atoms with E-state index in [-0.39, 0.29) is 16.8 Å². The van der Waals surface area contributed by atoms with Crippen molar-refractivity contribution in [2.45, 2.75) is 42.7 Å². The molecule has 0 aromatic carbocycles. The van der Waals surface area contributed by atoms with Crippen LogP contribution in [0.1, 0.15) is 32.1 Å². The molecule has 6 nitrogen and oxygen atoms in total. The zero-order valence-corrected chi connectivity index (χ0v) is 13.6. The number of thiazole rings is 1. The van der Waals surface area contributed by atoms with Crippen LogP contribution in [0.4, 0.5) is 0 Å². The zero-order chi connectivity index (χ0) is 15.1. The lowest BCUT2D eigenvalue weighted by Gasteiger charge is -2.35. The fourth-order valence-electron chi connectivity index (χ4n) is 2.83. The molecule has 0 bridgehead atoms. The molecule has 0 radical (unpaired) electrons. The molecule has 2 aromatic rings. The first kappa shape index (κ1) is 15.2. The van der Waals surface area contributed by atoms with Crippen molar-refractivity contribution >= 4 is 37.9 Å². The highest BCUT2D eigenvalue weighted by molar-refractivity contribution is 7.89. The monoisotopic (exact) mass is 349 g/mol. The average molecular weight is 350 g/mol. The highest BCUT2D eigenvalue weighted by Crippen LogP contribution is 2.31. The second kappa shape index (κ2) is 5.51. The van der Waals surface area contributed by atoms with Crippen molar-refractivity contribution in [3.8, 4) is 0 Å². The maximum atomic E-state index is 12.7. The van der Waals surface area contributed by atoms with Gasteiger partial charge in [-0.25, -0.2) is 18.1 Å². The van der Waals surface area contributed by atoms with Crippen LogP contribution >= 0.6 is 22.9 Å². The molecule has 1 aliphatic rings. The minimum Gasteiger partial charge on any atom is -0.394 e. The van der Waals surface area contributed by atoms with Crippen molar-refractivity contribution in [3.63, 3.8) is 0 Å².